The van der Waals surface area contributed by atoms with Gasteiger partial charge in [-0.2, -0.15) is 4.31 Å². The third-order valence-electron chi connectivity index (χ3n) is 6.41. The fraction of sp³-hybridized carbons (Fsp3) is 0.321. The molecule has 6 nitrogen and oxygen atoms in total. The number of carbonyl (C=O) groups excluding carboxylic acids is 1. The molecule has 35 heavy (non-hydrogen) atoms. The number of hydrogen-bond acceptors (Lipinski definition) is 4. The SMILES string of the molecule is COc1ccc(C)cc1S(=O)(=O)N1CCCC(C(=O)N(Cc2ccccc2)Cc2ccccc2)C1. The molecule has 0 radical (unpaired) electrons. The first-order valence-corrected chi connectivity index (χ1v) is 13.3. The molecule has 1 saturated heterocycles. The second-order valence-corrected chi connectivity index (χ2v) is 10.9. The fourth-order valence-electron chi connectivity index (χ4n) is 4.56. The van der Waals surface area contributed by atoms with Gasteiger partial charge in [-0.3, -0.25) is 4.79 Å². The number of methoxy groups -OCH3 is 1. The summed E-state index contributed by atoms with van der Waals surface area (Å²) in [4.78, 5) is 15.8. The van der Waals surface area contributed by atoms with Gasteiger partial charge in [0.1, 0.15) is 10.6 Å². The van der Waals surface area contributed by atoms with Crippen molar-refractivity contribution in [3.8, 4) is 5.75 Å². The lowest BCUT2D eigenvalue weighted by molar-refractivity contribution is -0.138. The zero-order valence-electron chi connectivity index (χ0n) is 20.3. The molecule has 3 aromatic rings. The van der Waals surface area contributed by atoms with Crippen LogP contribution in [0.15, 0.2) is 83.8 Å². The average molecular weight is 493 g/mol. The van der Waals surface area contributed by atoms with Crippen molar-refractivity contribution in [1.29, 1.82) is 0 Å². The fourth-order valence-corrected chi connectivity index (χ4v) is 6.33. The van der Waals surface area contributed by atoms with Gasteiger partial charge in [0, 0.05) is 26.2 Å². The zero-order valence-corrected chi connectivity index (χ0v) is 21.1. The summed E-state index contributed by atoms with van der Waals surface area (Å²) < 4.78 is 33.9. The molecule has 0 spiro atoms. The molecule has 0 aromatic heterocycles. The predicted octanol–water partition coefficient (Wildman–Crippen LogP) is 4.63. The number of piperidine rings is 1. The maximum Gasteiger partial charge on any atom is 0.246 e. The molecule has 184 valence electrons. The van der Waals surface area contributed by atoms with E-state index in [0.717, 1.165) is 16.7 Å². The van der Waals surface area contributed by atoms with E-state index in [4.69, 9.17) is 4.74 Å². The standard InChI is InChI=1S/C28H32N2O4S/c1-22-15-16-26(34-2)27(18-22)35(32,33)30-17-9-14-25(21-30)28(31)29(19-23-10-5-3-6-11-23)20-24-12-7-4-8-13-24/h3-8,10-13,15-16,18,25H,9,14,17,19-21H2,1-2H3. The maximum atomic E-state index is 13.8. The summed E-state index contributed by atoms with van der Waals surface area (Å²) in [5, 5.41) is 0. The van der Waals surface area contributed by atoms with Crippen LogP contribution in [0.2, 0.25) is 0 Å². The molecule has 1 fully saturated rings. The Hall–Kier alpha value is -3.16. The third kappa shape index (κ3) is 5.92. The lowest BCUT2D eigenvalue weighted by Gasteiger charge is -2.34. The number of ether oxygens (including phenoxy) is 1. The van der Waals surface area contributed by atoms with Gasteiger partial charge in [-0.05, 0) is 48.6 Å². The Morgan fingerprint density at radius 2 is 1.57 bits per heavy atom. The van der Waals surface area contributed by atoms with E-state index in [1.165, 1.54) is 11.4 Å². The molecule has 1 atom stereocenters. The average Bonchev–Trinajstić information content (AvgIpc) is 2.89. The second-order valence-electron chi connectivity index (χ2n) is 9.02. The van der Waals surface area contributed by atoms with E-state index in [1.807, 2.05) is 78.6 Å². The Kier molecular flexibility index (Phi) is 7.88. The van der Waals surface area contributed by atoms with Gasteiger partial charge in [0.05, 0.1) is 13.0 Å². The van der Waals surface area contributed by atoms with Crippen LogP contribution in [0.4, 0.5) is 0 Å². The summed E-state index contributed by atoms with van der Waals surface area (Å²) in [5.41, 5.74) is 2.93. The Morgan fingerprint density at radius 1 is 0.971 bits per heavy atom. The zero-order chi connectivity index (χ0) is 24.8. The normalized spacial score (nSPS) is 16.6. The van der Waals surface area contributed by atoms with Crippen molar-refractivity contribution >= 4 is 15.9 Å². The van der Waals surface area contributed by atoms with Crippen molar-refractivity contribution in [2.75, 3.05) is 20.2 Å². The Morgan fingerprint density at radius 3 is 2.14 bits per heavy atom. The van der Waals surface area contributed by atoms with E-state index in [1.54, 1.807) is 12.1 Å². The van der Waals surface area contributed by atoms with Crippen LogP contribution >= 0.6 is 0 Å². The first kappa shape index (κ1) is 24.9. The topological polar surface area (TPSA) is 66.9 Å². The van der Waals surface area contributed by atoms with E-state index < -0.39 is 15.9 Å². The van der Waals surface area contributed by atoms with Crippen molar-refractivity contribution in [3.05, 3.63) is 95.6 Å². The monoisotopic (exact) mass is 492 g/mol. The minimum atomic E-state index is -3.80. The Balaban J connectivity index is 1.57. The quantitative estimate of drug-likeness (QED) is 0.460. The van der Waals surface area contributed by atoms with Crippen LogP contribution in [-0.2, 0) is 27.9 Å². The van der Waals surface area contributed by atoms with E-state index in [0.29, 0.717) is 38.2 Å². The number of sulfonamides is 1. The minimum Gasteiger partial charge on any atom is -0.495 e. The molecule has 3 aromatic carbocycles. The first-order chi connectivity index (χ1) is 16.9. The second kappa shape index (κ2) is 11.1. The number of nitrogens with zero attached hydrogens (tertiary/aromatic N) is 2. The van der Waals surface area contributed by atoms with Gasteiger partial charge in [0.15, 0.2) is 0 Å². The highest BCUT2D eigenvalue weighted by Crippen LogP contribution is 2.31. The van der Waals surface area contributed by atoms with Crippen LogP contribution in [0.5, 0.6) is 5.75 Å². The van der Waals surface area contributed by atoms with Crippen molar-refractivity contribution < 1.29 is 17.9 Å². The van der Waals surface area contributed by atoms with Gasteiger partial charge in [0.25, 0.3) is 0 Å². The minimum absolute atomic E-state index is 0.0196. The molecule has 1 aliphatic heterocycles. The molecule has 7 heteroatoms. The molecular formula is C28H32N2O4S. The number of benzene rings is 3. The lowest BCUT2D eigenvalue weighted by atomic mass is 9.97. The van der Waals surface area contributed by atoms with Gasteiger partial charge in [0.2, 0.25) is 15.9 Å². The number of hydrogen-bond donors (Lipinski definition) is 0. The molecule has 4 rings (SSSR count). The van der Waals surface area contributed by atoms with Crippen LogP contribution < -0.4 is 4.74 Å². The highest BCUT2D eigenvalue weighted by molar-refractivity contribution is 7.89. The summed E-state index contributed by atoms with van der Waals surface area (Å²) in [6, 6.07) is 24.9. The van der Waals surface area contributed by atoms with Gasteiger partial charge in [-0.15, -0.1) is 0 Å². The Bertz CT molecular complexity index is 1200. The summed E-state index contributed by atoms with van der Waals surface area (Å²) in [6.07, 6.45) is 1.30. The molecule has 0 bridgehead atoms. The summed E-state index contributed by atoms with van der Waals surface area (Å²) in [7, 11) is -2.33. The van der Waals surface area contributed by atoms with E-state index >= 15 is 0 Å². The highest BCUT2D eigenvalue weighted by Gasteiger charge is 2.36. The number of amides is 1. The Labute approximate surface area is 208 Å². The number of rotatable bonds is 8. The molecule has 1 aliphatic rings. The van der Waals surface area contributed by atoms with Gasteiger partial charge < -0.3 is 9.64 Å². The maximum absolute atomic E-state index is 13.8. The first-order valence-electron chi connectivity index (χ1n) is 11.9. The van der Waals surface area contributed by atoms with Crippen molar-refractivity contribution in [2.24, 2.45) is 5.92 Å². The molecule has 1 heterocycles. The predicted molar refractivity (Wildman–Crippen MR) is 136 cm³/mol. The number of aryl methyl sites for hydroxylation is 1. The van der Waals surface area contributed by atoms with Crippen LogP contribution in [0.1, 0.15) is 29.5 Å². The van der Waals surface area contributed by atoms with Crippen molar-refractivity contribution in [1.82, 2.24) is 9.21 Å². The molecule has 1 amide bonds. The van der Waals surface area contributed by atoms with Gasteiger partial charge in [-0.1, -0.05) is 66.7 Å². The molecular weight excluding hydrogens is 460 g/mol. The van der Waals surface area contributed by atoms with E-state index in [-0.39, 0.29) is 17.3 Å². The highest BCUT2D eigenvalue weighted by atomic mass is 32.2. The lowest BCUT2D eigenvalue weighted by Crippen LogP contribution is -2.46. The van der Waals surface area contributed by atoms with Gasteiger partial charge in [-0.25, -0.2) is 8.42 Å². The molecule has 0 saturated carbocycles. The van der Waals surface area contributed by atoms with Crippen molar-refractivity contribution in [2.45, 2.75) is 37.8 Å². The summed E-state index contributed by atoms with van der Waals surface area (Å²) in [5.74, 6) is -0.102. The van der Waals surface area contributed by atoms with Crippen molar-refractivity contribution in [3.63, 3.8) is 0 Å². The summed E-state index contributed by atoms with van der Waals surface area (Å²) >= 11 is 0. The van der Waals surface area contributed by atoms with Crippen LogP contribution in [0.25, 0.3) is 0 Å². The van der Waals surface area contributed by atoms with Crippen LogP contribution in [0, 0.1) is 12.8 Å². The smallest absolute Gasteiger partial charge is 0.246 e. The molecule has 0 aliphatic carbocycles. The number of carbonyl (C=O) groups is 1. The molecule has 0 N–H and O–H groups in total. The molecule has 1 unspecified atom stereocenters. The van der Waals surface area contributed by atoms with Gasteiger partial charge >= 0.3 is 0 Å². The van der Waals surface area contributed by atoms with Crippen LogP contribution in [0.3, 0.4) is 0 Å². The third-order valence-corrected chi connectivity index (χ3v) is 8.30. The summed E-state index contributed by atoms with van der Waals surface area (Å²) in [6.45, 7) is 3.36. The largest absolute Gasteiger partial charge is 0.495 e. The van der Waals surface area contributed by atoms with E-state index in [2.05, 4.69) is 0 Å². The van der Waals surface area contributed by atoms with E-state index in [9.17, 15) is 13.2 Å². The van der Waals surface area contributed by atoms with Crippen LogP contribution in [-0.4, -0.2) is 43.7 Å².